The van der Waals surface area contributed by atoms with Gasteiger partial charge in [-0.1, -0.05) is 36.4 Å². The summed E-state index contributed by atoms with van der Waals surface area (Å²) in [6, 6.07) is 15.2. The first-order valence-electron chi connectivity index (χ1n) is 6.96. The second-order valence-electron chi connectivity index (χ2n) is 5.01. The van der Waals surface area contributed by atoms with E-state index in [9.17, 15) is 10.2 Å². The van der Waals surface area contributed by atoms with E-state index in [-0.39, 0.29) is 17.5 Å². The van der Waals surface area contributed by atoms with Crippen LogP contribution in [0.1, 0.15) is 30.5 Å². The Balaban J connectivity index is 1.79. The summed E-state index contributed by atoms with van der Waals surface area (Å²) >= 11 is 0. The summed E-state index contributed by atoms with van der Waals surface area (Å²) in [6.45, 7) is 2.89. The average molecular weight is 271 g/mol. The molecule has 0 bridgehead atoms. The molecule has 2 aromatic rings. The fourth-order valence-electron chi connectivity index (χ4n) is 2.26. The number of benzene rings is 2. The zero-order valence-electron chi connectivity index (χ0n) is 11.7. The molecular weight excluding hydrogens is 250 g/mol. The Kier molecular flexibility index (Phi) is 5.02. The Hall–Kier alpha value is -2.00. The standard InChI is InChI=1S/C17H21NO2/c1-13(16-10-9-15(19)12-17(16)20)18-11-5-8-14-6-3-2-4-7-14/h2-4,6-7,9-10,12-13,18-20H,5,8,11H2,1H3. The van der Waals surface area contributed by atoms with Crippen LogP contribution in [0.4, 0.5) is 0 Å². The van der Waals surface area contributed by atoms with Gasteiger partial charge in [-0.2, -0.15) is 0 Å². The molecule has 0 aliphatic carbocycles. The van der Waals surface area contributed by atoms with Crippen molar-refractivity contribution in [2.45, 2.75) is 25.8 Å². The summed E-state index contributed by atoms with van der Waals surface area (Å²) in [5, 5.41) is 22.5. The maximum Gasteiger partial charge on any atom is 0.124 e. The van der Waals surface area contributed by atoms with E-state index in [1.54, 1.807) is 12.1 Å². The molecule has 0 radical (unpaired) electrons. The molecule has 1 atom stereocenters. The highest BCUT2D eigenvalue weighted by Gasteiger charge is 2.09. The number of nitrogens with one attached hydrogen (secondary N) is 1. The zero-order chi connectivity index (χ0) is 14.4. The van der Waals surface area contributed by atoms with Gasteiger partial charge >= 0.3 is 0 Å². The summed E-state index contributed by atoms with van der Waals surface area (Å²) in [7, 11) is 0. The number of hydrogen-bond acceptors (Lipinski definition) is 3. The van der Waals surface area contributed by atoms with Crippen molar-refractivity contribution in [1.82, 2.24) is 5.32 Å². The first-order valence-corrected chi connectivity index (χ1v) is 6.96. The van der Waals surface area contributed by atoms with E-state index in [0.29, 0.717) is 0 Å². The van der Waals surface area contributed by atoms with Crippen LogP contribution >= 0.6 is 0 Å². The highest BCUT2D eigenvalue weighted by molar-refractivity contribution is 5.40. The Labute approximate surface area is 119 Å². The molecule has 3 N–H and O–H groups in total. The number of rotatable bonds is 6. The summed E-state index contributed by atoms with van der Waals surface area (Å²) in [5.74, 6) is 0.218. The molecule has 0 spiro atoms. The van der Waals surface area contributed by atoms with Crippen molar-refractivity contribution < 1.29 is 10.2 Å². The third-order valence-electron chi connectivity index (χ3n) is 3.42. The molecule has 0 heterocycles. The van der Waals surface area contributed by atoms with Crippen molar-refractivity contribution in [2.24, 2.45) is 0 Å². The van der Waals surface area contributed by atoms with Gasteiger partial charge in [0.2, 0.25) is 0 Å². The summed E-state index contributed by atoms with van der Waals surface area (Å²) < 4.78 is 0. The fraction of sp³-hybridized carbons (Fsp3) is 0.294. The summed E-state index contributed by atoms with van der Waals surface area (Å²) in [4.78, 5) is 0. The lowest BCUT2D eigenvalue weighted by Gasteiger charge is -2.15. The first kappa shape index (κ1) is 14.4. The van der Waals surface area contributed by atoms with Gasteiger partial charge < -0.3 is 15.5 Å². The highest BCUT2D eigenvalue weighted by atomic mass is 16.3. The zero-order valence-corrected chi connectivity index (χ0v) is 11.7. The minimum absolute atomic E-state index is 0.0615. The molecule has 0 aliphatic rings. The van der Waals surface area contributed by atoms with Crippen LogP contribution in [0, 0.1) is 0 Å². The SMILES string of the molecule is CC(NCCCc1ccccc1)c1ccc(O)cc1O. The normalized spacial score (nSPS) is 12.2. The average Bonchev–Trinajstić information content (AvgIpc) is 2.44. The van der Waals surface area contributed by atoms with E-state index < -0.39 is 0 Å². The summed E-state index contributed by atoms with van der Waals surface area (Å²) in [6.07, 6.45) is 2.09. The van der Waals surface area contributed by atoms with Crippen LogP contribution in [-0.4, -0.2) is 16.8 Å². The Bertz CT molecular complexity index is 540. The molecule has 0 aromatic heterocycles. The van der Waals surface area contributed by atoms with Gasteiger partial charge in [-0.05, 0) is 37.9 Å². The minimum Gasteiger partial charge on any atom is -0.508 e. The highest BCUT2D eigenvalue weighted by Crippen LogP contribution is 2.27. The second kappa shape index (κ2) is 6.96. The van der Waals surface area contributed by atoms with Crippen LogP contribution in [0.25, 0.3) is 0 Å². The van der Waals surface area contributed by atoms with Crippen molar-refractivity contribution in [2.75, 3.05) is 6.54 Å². The van der Waals surface area contributed by atoms with Gasteiger partial charge in [0.25, 0.3) is 0 Å². The van der Waals surface area contributed by atoms with Crippen molar-refractivity contribution in [1.29, 1.82) is 0 Å². The van der Waals surface area contributed by atoms with Crippen LogP contribution in [0.15, 0.2) is 48.5 Å². The lowest BCUT2D eigenvalue weighted by atomic mass is 10.1. The van der Waals surface area contributed by atoms with Gasteiger partial charge in [0, 0.05) is 17.7 Å². The number of phenolic OH excluding ortho intramolecular Hbond substituents is 2. The van der Waals surface area contributed by atoms with Crippen molar-refractivity contribution in [3.63, 3.8) is 0 Å². The third kappa shape index (κ3) is 4.00. The molecule has 20 heavy (non-hydrogen) atoms. The topological polar surface area (TPSA) is 52.5 Å². The van der Waals surface area contributed by atoms with Gasteiger partial charge in [-0.3, -0.25) is 0 Å². The number of aryl methyl sites for hydroxylation is 1. The van der Waals surface area contributed by atoms with Gasteiger partial charge in [0.05, 0.1) is 0 Å². The Morgan fingerprint density at radius 2 is 1.80 bits per heavy atom. The molecule has 1 unspecified atom stereocenters. The van der Waals surface area contributed by atoms with E-state index >= 15 is 0 Å². The second-order valence-corrected chi connectivity index (χ2v) is 5.01. The van der Waals surface area contributed by atoms with E-state index in [2.05, 4.69) is 29.6 Å². The first-order chi connectivity index (χ1) is 9.66. The number of hydrogen-bond donors (Lipinski definition) is 3. The molecule has 0 amide bonds. The van der Waals surface area contributed by atoms with Gasteiger partial charge in [0.15, 0.2) is 0 Å². The molecule has 106 valence electrons. The van der Waals surface area contributed by atoms with Crippen molar-refractivity contribution in [3.8, 4) is 11.5 Å². The lowest BCUT2D eigenvalue weighted by Crippen LogP contribution is -2.20. The molecular formula is C17H21NO2. The molecule has 0 aliphatic heterocycles. The van der Waals surface area contributed by atoms with Crippen LogP contribution in [0.3, 0.4) is 0 Å². The smallest absolute Gasteiger partial charge is 0.124 e. The largest absolute Gasteiger partial charge is 0.508 e. The minimum atomic E-state index is 0.0615. The van der Waals surface area contributed by atoms with E-state index in [0.717, 1.165) is 24.9 Å². The molecule has 2 rings (SSSR count). The van der Waals surface area contributed by atoms with Gasteiger partial charge in [-0.15, -0.1) is 0 Å². The fourth-order valence-corrected chi connectivity index (χ4v) is 2.26. The van der Waals surface area contributed by atoms with Crippen molar-refractivity contribution >= 4 is 0 Å². The van der Waals surface area contributed by atoms with E-state index in [1.807, 2.05) is 13.0 Å². The van der Waals surface area contributed by atoms with Crippen molar-refractivity contribution in [3.05, 3.63) is 59.7 Å². The Morgan fingerprint density at radius 1 is 1.05 bits per heavy atom. The molecule has 3 nitrogen and oxygen atoms in total. The predicted octanol–water partition coefficient (Wildman–Crippen LogP) is 3.38. The monoisotopic (exact) mass is 271 g/mol. The molecule has 0 saturated carbocycles. The van der Waals surface area contributed by atoms with Gasteiger partial charge in [0.1, 0.15) is 11.5 Å². The predicted molar refractivity (Wildman–Crippen MR) is 81.0 cm³/mol. The summed E-state index contributed by atoms with van der Waals surface area (Å²) in [5.41, 5.74) is 2.15. The number of aromatic hydroxyl groups is 2. The van der Waals surface area contributed by atoms with Crippen LogP contribution < -0.4 is 5.32 Å². The molecule has 0 saturated heterocycles. The van der Waals surface area contributed by atoms with Crippen LogP contribution in [0.5, 0.6) is 11.5 Å². The molecule has 0 fully saturated rings. The van der Waals surface area contributed by atoms with E-state index in [4.69, 9.17) is 0 Å². The maximum atomic E-state index is 9.80. The molecule has 2 aromatic carbocycles. The number of phenols is 2. The quantitative estimate of drug-likeness (QED) is 0.706. The van der Waals surface area contributed by atoms with Gasteiger partial charge in [-0.25, -0.2) is 0 Å². The van der Waals surface area contributed by atoms with Crippen LogP contribution in [-0.2, 0) is 6.42 Å². The lowest BCUT2D eigenvalue weighted by molar-refractivity contribution is 0.435. The Morgan fingerprint density at radius 3 is 2.50 bits per heavy atom. The molecule has 3 heteroatoms. The maximum absolute atomic E-state index is 9.80. The van der Waals surface area contributed by atoms with Crippen LogP contribution in [0.2, 0.25) is 0 Å². The van der Waals surface area contributed by atoms with E-state index in [1.165, 1.54) is 11.6 Å². The third-order valence-corrected chi connectivity index (χ3v) is 3.42.